The fourth-order valence-electron chi connectivity index (χ4n) is 2.72. The van der Waals surface area contributed by atoms with Crippen LogP contribution in [0.5, 0.6) is 0 Å². The molecule has 7 nitrogen and oxygen atoms in total. The zero-order chi connectivity index (χ0) is 20.5. The van der Waals surface area contributed by atoms with E-state index in [1.165, 1.54) is 11.8 Å². The Bertz CT molecular complexity index is 913. The van der Waals surface area contributed by atoms with Crippen LogP contribution >= 0.6 is 11.8 Å². The number of nitrogens with one attached hydrogen (secondary N) is 1. The predicted molar refractivity (Wildman–Crippen MR) is 113 cm³/mol. The van der Waals surface area contributed by atoms with E-state index in [0.717, 1.165) is 23.4 Å². The van der Waals surface area contributed by atoms with E-state index in [-0.39, 0.29) is 5.91 Å². The molecule has 0 fully saturated rings. The van der Waals surface area contributed by atoms with Gasteiger partial charge in [-0.3, -0.25) is 4.79 Å². The van der Waals surface area contributed by atoms with E-state index in [0.29, 0.717) is 36.4 Å². The summed E-state index contributed by atoms with van der Waals surface area (Å²) < 4.78 is 7.36. The molecule has 0 bridgehead atoms. The number of carbonyl (C=O) groups excluding carboxylic acids is 1. The molecular weight excluding hydrogens is 386 g/mol. The highest BCUT2D eigenvalue weighted by atomic mass is 32.2. The molecule has 0 unspecified atom stereocenters. The van der Waals surface area contributed by atoms with Crippen molar-refractivity contribution in [1.82, 2.24) is 25.3 Å². The third kappa shape index (κ3) is 6.69. The van der Waals surface area contributed by atoms with Gasteiger partial charge in [0.25, 0.3) is 0 Å². The van der Waals surface area contributed by atoms with Crippen LogP contribution < -0.4 is 5.32 Å². The molecule has 3 aromatic rings. The molecule has 0 aliphatic heterocycles. The minimum atomic E-state index is -0.0255. The minimum absolute atomic E-state index is 0.0255. The average Bonchev–Trinajstić information content (AvgIpc) is 3.08. The van der Waals surface area contributed by atoms with Crippen molar-refractivity contribution in [3.05, 3.63) is 65.5 Å². The van der Waals surface area contributed by atoms with Crippen LogP contribution in [0.2, 0.25) is 0 Å². The van der Waals surface area contributed by atoms with E-state index in [9.17, 15) is 4.79 Å². The SMILES string of the molecule is Cc1cc(C)n(-c2ccc(SCC(=O)NCCCOCc3ccccc3)nn2)n1. The highest BCUT2D eigenvalue weighted by Gasteiger charge is 2.08. The van der Waals surface area contributed by atoms with Gasteiger partial charge in [0.15, 0.2) is 5.82 Å². The summed E-state index contributed by atoms with van der Waals surface area (Å²) in [6.45, 7) is 5.71. The van der Waals surface area contributed by atoms with Gasteiger partial charge in [-0.2, -0.15) is 5.10 Å². The first-order valence-electron chi connectivity index (χ1n) is 9.50. The molecule has 0 spiro atoms. The third-order valence-electron chi connectivity index (χ3n) is 4.10. The number of aryl methyl sites for hydroxylation is 2. The highest BCUT2D eigenvalue weighted by molar-refractivity contribution is 7.99. The van der Waals surface area contributed by atoms with Gasteiger partial charge in [-0.15, -0.1) is 10.2 Å². The fourth-order valence-corrected chi connectivity index (χ4v) is 3.36. The maximum atomic E-state index is 12.0. The van der Waals surface area contributed by atoms with Crippen LogP contribution in [-0.2, 0) is 16.1 Å². The molecule has 2 heterocycles. The zero-order valence-corrected chi connectivity index (χ0v) is 17.5. The van der Waals surface area contributed by atoms with Gasteiger partial charge in [0.2, 0.25) is 5.91 Å². The largest absolute Gasteiger partial charge is 0.377 e. The lowest BCUT2D eigenvalue weighted by Gasteiger charge is -2.07. The fraction of sp³-hybridized carbons (Fsp3) is 0.333. The molecule has 0 saturated carbocycles. The summed E-state index contributed by atoms with van der Waals surface area (Å²) in [7, 11) is 0. The van der Waals surface area contributed by atoms with Crippen molar-refractivity contribution in [3.8, 4) is 5.82 Å². The summed E-state index contributed by atoms with van der Waals surface area (Å²) >= 11 is 1.36. The number of hydrogen-bond donors (Lipinski definition) is 1. The molecule has 1 amide bonds. The van der Waals surface area contributed by atoms with Crippen LogP contribution in [0.1, 0.15) is 23.4 Å². The van der Waals surface area contributed by atoms with E-state index < -0.39 is 0 Å². The van der Waals surface area contributed by atoms with Crippen LogP contribution in [-0.4, -0.2) is 44.8 Å². The molecule has 8 heteroatoms. The van der Waals surface area contributed by atoms with Crippen LogP contribution in [0, 0.1) is 13.8 Å². The number of benzene rings is 1. The number of aromatic nitrogens is 4. The van der Waals surface area contributed by atoms with Crippen molar-refractivity contribution < 1.29 is 9.53 Å². The summed E-state index contributed by atoms with van der Waals surface area (Å²) in [4.78, 5) is 12.0. The van der Waals surface area contributed by atoms with E-state index >= 15 is 0 Å². The molecule has 29 heavy (non-hydrogen) atoms. The Hall–Kier alpha value is -2.71. The Labute approximate surface area is 174 Å². The van der Waals surface area contributed by atoms with Crippen molar-refractivity contribution in [3.63, 3.8) is 0 Å². The number of nitrogens with zero attached hydrogens (tertiary/aromatic N) is 4. The summed E-state index contributed by atoms with van der Waals surface area (Å²) in [5.74, 6) is 0.945. The summed E-state index contributed by atoms with van der Waals surface area (Å²) in [6, 6.07) is 15.7. The monoisotopic (exact) mass is 411 g/mol. The normalized spacial score (nSPS) is 10.8. The number of ether oxygens (including phenoxy) is 1. The molecular formula is C21H25N5O2S. The van der Waals surface area contributed by atoms with E-state index in [1.807, 2.05) is 62.4 Å². The lowest BCUT2D eigenvalue weighted by molar-refractivity contribution is -0.118. The number of amides is 1. The molecule has 1 aromatic carbocycles. The minimum Gasteiger partial charge on any atom is -0.377 e. The molecule has 0 atom stereocenters. The van der Waals surface area contributed by atoms with Gasteiger partial charge in [0, 0.05) is 18.8 Å². The molecule has 152 valence electrons. The summed E-state index contributed by atoms with van der Waals surface area (Å²) in [5.41, 5.74) is 3.09. The number of carbonyl (C=O) groups is 1. The predicted octanol–water partition coefficient (Wildman–Crippen LogP) is 3.09. The lowest BCUT2D eigenvalue weighted by atomic mass is 10.2. The second kappa shape index (κ2) is 10.7. The maximum Gasteiger partial charge on any atom is 0.230 e. The number of rotatable bonds is 10. The average molecular weight is 412 g/mol. The molecule has 2 aromatic heterocycles. The molecule has 1 N–H and O–H groups in total. The van der Waals surface area contributed by atoms with Gasteiger partial charge in [-0.1, -0.05) is 42.1 Å². The van der Waals surface area contributed by atoms with Gasteiger partial charge in [-0.25, -0.2) is 4.68 Å². The van der Waals surface area contributed by atoms with Gasteiger partial charge in [-0.05, 0) is 44.0 Å². The van der Waals surface area contributed by atoms with E-state index in [2.05, 4.69) is 20.6 Å². The molecule has 0 radical (unpaired) electrons. The Morgan fingerprint density at radius 3 is 2.66 bits per heavy atom. The van der Waals surface area contributed by atoms with Gasteiger partial charge >= 0.3 is 0 Å². The van der Waals surface area contributed by atoms with Crippen LogP contribution in [0.3, 0.4) is 0 Å². The van der Waals surface area contributed by atoms with Crippen LogP contribution in [0.25, 0.3) is 5.82 Å². The second-order valence-electron chi connectivity index (χ2n) is 6.60. The van der Waals surface area contributed by atoms with Crippen LogP contribution in [0.4, 0.5) is 0 Å². The van der Waals surface area contributed by atoms with Gasteiger partial charge in [0.05, 0.1) is 18.1 Å². The standard InChI is InChI=1S/C21H25N5O2S/c1-16-13-17(2)26(25-16)19-9-10-21(24-23-19)29-15-20(27)22-11-6-12-28-14-18-7-4-3-5-8-18/h3-5,7-10,13H,6,11-12,14-15H2,1-2H3,(H,22,27). The number of thioether (sulfide) groups is 1. The van der Waals surface area contributed by atoms with Crippen LogP contribution in [0.15, 0.2) is 53.6 Å². The topological polar surface area (TPSA) is 81.9 Å². The molecule has 0 aliphatic rings. The Morgan fingerprint density at radius 1 is 1.14 bits per heavy atom. The van der Waals surface area contributed by atoms with Crippen molar-refractivity contribution >= 4 is 17.7 Å². The van der Waals surface area contributed by atoms with Crippen molar-refractivity contribution in [2.45, 2.75) is 31.9 Å². The smallest absolute Gasteiger partial charge is 0.230 e. The Kier molecular flexibility index (Phi) is 7.77. The van der Waals surface area contributed by atoms with Crippen molar-refractivity contribution in [2.75, 3.05) is 18.9 Å². The van der Waals surface area contributed by atoms with E-state index in [1.54, 1.807) is 4.68 Å². The lowest BCUT2D eigenvalue weighted by Crippen LogP contribution is -2.26. The highest BCUT2D eigenvalue weighted by Crippen LogP contribution is 2.16. The van der Waals surface area contributed by atoms with Gasteiger partial charge < -0.3 is 10.1 Å². The van der Waals surface area contributed by atoms with E-state index in [4.69, 9.17) is 4.74 Å². The summed E-state index contributed by atoms with van der Waals surface area (Å²) in [5, 5.41) is 16.4. The number of hydrogen-bond acceptors (Lipinski definition) is 6. The van der Waals surface area contributed by atoms with Crippen molar-refractivity contribution in [1.29, 1.82) is 0 Å². The molecule has 0 aliphatic carbocycles. The Balaban J connectivity index is 1.31. The first kappa shape index (κ1) is 21.0. The van der Waals surface area contributed by atoms with Crippen molar-refractivity contribution in [2.24, 2.45) is 0 Å². The molecule has 3 rings (SSSR count). The quantitative estimate of drug-likeness (QED) is 0.408. The third-order valence-corrected chi connectivity index (χ3v) is 5.02. The zero-order valence-electron chi connectivity index (χ0n) is 16.7. The molecule has 0 saturated heterocycles. The van der Waals surface area contributed by atoms with Gasteiger partial charge in [0.1, 0.15) is 5.03 Å². The maximum absolute atomic E-state index is 12.0. The second-order valence-corrected chi connectivity index (χ2v) is 7.59. The first-order valence-corrected chi connectivity index (χ1v) is 10.5. The Morgan fingerprint density at radius 2 is 1.97 bits per heavy atom. The summed E-state index contributed by atoms with van der Waals surface area (Å²) in [6.07, 6.45) is 0.778. The first-order chi connectivity index (χ1) is 14.1.